The van der Waals surface area contributed by atoms with Crippen LogP contribution in [0, 0.1) is 5.82 Å². The number of nitrogens with zero attached hydrogens (tertiary/aromatic N) is 4. The van der Waals surface area contributed by atoms with Crippen LogP contribution in [0.5, 0.6) is 0 Å². The topological polar surface area (TPSA) is 42.8 Å². The molecule has 2 aromatic rings. The van der Waals surface area contributed by atoms with E-state index in [0.717, 1.165) is 63.4 Å². The first-order chi connectivity index (χ1) is 15.5. The van der Waals surface area contributed by atoms with Crippen molar-refractivity contribution >= 4 is 29.0 Å². The van der Waals surface area contributed by atoms with E-state index < -0.39 is 0 Å². The van der Waals surface area contributed by atoms with Gasteiger partial charge in [0.05, 0.1) is 11.6 Å². The van der Waals surface area contributed by atoms with E-state index in [-0.39, 0.29) is 12.4 Å². The predicted octanol–water partition coefficient (Wildman–Crippen LogP) is 4.59. The largest absolute Gasteiger partial charge is 0.392 e. The highest BCUT2D eigenvalue weighted by Crippen LogP contribution is 2.30. The second-order valence-corrected chi connectivity index (χ2v) is 9.64. The molecule has 1 aromatic heterocycles. The number of hydrogen-bond acceptors (Lipinski definition) is 5. The maximum Gasteiger partial charge on any atom is 0.147 e. The molecule has 3 heterocycles. The Labute approximate surface area is 199 Å². The lowest BCUT2D eigenvalue weighted by Crippen LogP contribution is -2.58. The lowest BCUT2D eigenvalue weighted by atomic mass is 9.97. The van der Waals surface area contributed by atoms with E-state index in [9.17, 15) is 9.50 Å². The number of rotatable bonds is 6. The Morgan fingerprint density at radius 2 is 1.91 bits per heavy atom. The van der Waals surface area contributed by atoms with Crippen molar-refractivity contribution in [1.82, 2.24) is 14.8 Å². The molecule has 4 rings (SSSR count). The zero-order chi connectivity index (χ0) is 22.7. The molecule has 0 spiro atoms. The molecule has 0 amide bonds. The van der Waals surface area contributed by atoms with Gasteiger partial charge in [-0.3, -0.25) is 9.80 Å². The Hall–Kier alpha value is -1.44. The minimum atomic E-state index is -0.221. The number of anilines is 1. The van der Waals surface area contributed by atoms with Crippen LogP contribution in [0.2, 0.25) is 10.0 Å². The van der Waals surface area contributed by atoms with Gasteiger partial charge >= 0.3 is 0 Å². The van der Waals surface area contributed by atoms with Crippen molar-refractivity contribution in [2.45, 2.75) is 51.4 Å². The number of hydrogen-bond donors (Lipinski definition) is 1. The maximum atomic E-state index is 14.2. The summed E-state index contributed by atoms with van der Waals surface area (Å²) in [4.78, 5) is 11.8. The molecule has 0 aliphatic carbocycles. The third kappa shape index (κ3) is 5.37. The molecule has 32 heavy (non-hydrogen) atoms. The molecular formula is C24H31Cl2FN4O. The van der Waals surface area contributed by atoms with Gasteiger partial charge in [0.25, 0.3) is 0 Å². The van der Waals surface area contributed by atoms with E-state index in [1.54, 1.807) is 24.4 Å². The zero-order valence-corrected chi connectivity index (χ0v) is 20.0. The molecule has 5 nitrogen and oxygen atoms in total. The van der Waals surface area contributed by atoms with Crippen LogP contribution in [0.4, 0.5) is 10.2 Å². The molecule has 174 valence electrons. The fourth-order valence-corrected chi connectivity index (χ4v) is 5.46. The lowest BCUT2D eigenvalue weighted by Gasteiger charge is -2.47. The summed E-state index contributed by atoms with van der Waals surface area (Å²) in [5, 5.41) is 10.3. The first-order valence-electron chi connectivity index (χ1n) is 11.4. The predicted molar refractivity (Wildman–Crippen MR) is 128 cm³/mol. The van der Waals surface area contributed by atoms with Crippen LogP contribution in [0.3, 0.4) is 0 Å². The molecule has 0 radical (unpaired) electrons. The van der Waals surface area contributed by atoms with E-state index in [0.29, 0.717) is 34.2 Å². The summed E-state index contributed by atoms with van der Waals surface area (Å²) in [5.74, 6) is 0.586. The number of aliphatic hydroxyl groups excluding tert-OH is 1. The van der Waals surface area contributed by atoms with Crippen molar-refractivity contribution in [2.75, 3.05) is 37.6 Å². The number of halogens is 3. The average Bonchev–Trinajstić information content (AvgIpc) is 2.81. The van der Waals surface area contributed by atoms with Crippen LogP contribution >= 0.6 is 23.2 Å². The van der Waals surface area contributed by atoms with Crippen LogP contribution in [0.25, 0.3) is 0 Å². The van der Waals surface area contributed by atoms with Crippen molar-refractivity contribution in [1.29, 1.82) is 0 Å². The summed E-state index contributed by atoms with van der Waals surface area (Å²) >= 11 is 12.3. The number of piperazine rings is 1. The quantitative estimate of drug-likeness (QED) is 0.654. The summed E-state index contributed by atoms with van der Waals surface area (Å²) in [6.07, 6.45) is 4.96. The van der Waals surface area contributed by atoms with Crippen molar-refractivity contribution < 1.29 is 9.50 Å². The van der Waals surface area contributed by atoms with Gasteiger partial charge in [-0.05, 0) is 56.1 Å². The van der Waals surface area contributed by atoms with Crippen molar-refractivity contribution in [3.05, 3.63) is 57.5 Å². The molecule has 1 atom stereocenters. The van der Waals surface area contributed by atoms with Gasteiger partial charge in [-0.2, -0.15) is 0 Å². The van der Waals surface area contributed by atoms with Gasteiger partial charge in [0, 0.05) is 55.0 Å². The molecule has 0 unspecified atom stereocenters. The van der Waals surface area contributed by atoms with Crippen LogP contribution in [0.15, 0.2) is 30.5 Å². The first kappa shape index (κ1) is 23.7. The van der Waals surface area contributed by atoms with Crippen molar-refractivity contribution in [3.8, 4) is 0 Å². The summed E-state index contributed by atoms with van der Waals surface area (Å²) in [5.41, 5.74) is 1.44. The molecule has 0 saturated carbocycles. The molecule has 0 bridgehead atoms. The average molecular weight is 481 g/mol. The fraction of sp³-hybridized carbons (Fsp3) is 0.542. The molecule has 2 aliphatic heterocycles. The standard InChI is InChI=1S/C24H31Cl2FN4O/c1-2-20-15-30(24-22(26)11-17(16-32)13-28-24)9-10-31(20)21-5-7-29(8-6-21)14-18-3-4-19(25)12-23(18)27/h3-4,11-13,20-21,32H,2,5-10,14-16H2,1H3/t20-/m0/s1. The summed E-state index contributed by atoms with van der Waals surface area (Å²) in [7, 11) is 0. The third-order valence-corrected chi connectivity index (χ3v) is 7.31. The number of aliphatic hydroxyl groups is 1. The van der Waals surface area contributed by atoms with Crippen LogP contribution in [-0.2, 0) is 13.2 Å². The molecule has 1 N–H and O–H groups in total. The van der Waals surface area contributed by atoms with E-state index in [1.807, 2.05) is 0 Å². The first-order valence-corrected chi connectivity index (χ1v) is 12.2. The number of piperidine rings is 1. The summed E-state index contributed by atoms with van der Waals surface area (Å²) in [6.45, 7) is 7.53. The highest BCUT2D eigenvalue weighted by Gasteiger charge is 2.34. The number of pyridine rings is 1. The Balaban J connectivity index is 1.34. The zero-order valence-electron chi connectivity index (χ0n) is 18.5. The van der Waals surface area contributed by atoms with Gasteiger partial charge in [-0.25, -0.2) is 9.37 Å². The highest BCUT2D eigenvalue weighted by molar-refractivity contribution is 6.33. The highest BCUT2D eigenvalue weighted by atomic mass is 35.5. The van der Waals surface area contributed by atoms with E-state index in [2.05, 4.69) is 26.6 Å². The number of benzene rings is 1. The molecule has 2 saturated heterocycles. The molecule has 8 heteroatoms. The SMILES string of the molecule is CC[C@H]1CN(c2ncc(CO)cc2Cl)CCN1C1CCN(Cc2ccc(Cl)cc2F)CC1. The van der Waals surface area contributed by atoms with Gasteiger partial charge in [0.2, 0.25) is 0 Å². The molecule has 2 fully saturated rings. The number of aromatic nitrogens is 1. The summed E-state index contributed by atoms with van der Waals surface area (Å²) in [6, 6.07) is 7.75. The van der Waals surface area contributed by atoms with E-state index >= 15 is 0 Å². The Bertz CT molecular complexity index is 923. The van der Waals surface area contributed by atoms with Crippen LogP contribution < -0.4 is 4.90 Å². The Kier molecular flexibility index (Phi) is 7.90. The number of likely N-dealkylation sites (tertiary alicyclic amines) is 1. The monoisotopic (exact) mass is 480 g/mol. The van der Waals surface area contributed by atoms with Crippen molar-refractivity contribution in [2.24, 2.45) is 0 Å². The third-order valence-electron chi connectivity index (χ3n) is 6.80. The molecule has 2 aliphatic rings. The fourth-order valence-electron chi connectivity index (χ4n) is 5.00. The smallest absolute Gasteiger partial charge is 0.147 e. The minimum Gasteiger partial charge on any atom is -0.392 e. The van der Waals surface area contributed by atoms with Gasteiger partial charge in [-0.1, -0.05) is 36.2 Å². The normalized spacial score (nSPS) is 21.3. The summed E-state index contributed by atoms with van der Waals surface area (Å²) < 4.78 is 14.2. The van der Waals surface area contributed by atoms with Gasteiger partial charge in [0.15, 0.2) is 0 Å². The Morgan fingerprint density at radius 3 is 2.56 bits per heavy atom. The molecular weight excluding hydrogens is 450 g/mol. The molecule has 1 aromatic carbocycles. The van der Waals surface area contributed by atoms with Crippen molar-refractivity contribution in [3.63, 3.8) is 0 Å². The maximum absolute atomic E-state index is 14.2. The van der Waals surface area contributed by atoms with Crippen LogP contribution in [0.1, 0.15) is 37.3 Å². The van der Waals surface area contributed by atoms with Crippen LogP contribution in [-0.4, -0.2) is 64.7 Å². The van der Waals surface area contributed by atoms with Gasteiger partial charge < -0.3 is 10.0 Å². The van der Waals surface area contributed by atoms with Gasteiger partial charge in [-0.15, -0.1) is 0 Å². The Morgan fingerprint density at radius 1 is 1.12 bits per heavy atom. The van der Waals surface area contributed by atoms with Gasteiger partial charge in [0.1, 0.15) is 11.6 Å². The minimum absolute atomic E-state index is 0.0538. The second kappa shape index (κ2) is 10.7. The van der Waals surface area contributed by atoms with E-state index in [4.69, 9.17) is 23.2 Å². The lowest BCUT2D eigenvalue weighted by molar-refractivity contribution is 0.0607. The van der Waals surface area contributed by atoms with E-state index in [1.165, 1.54) is 6.07 Å². The second-order valence-electron chi connectivity index (χ2n) is 8.80.